The van der Waals surface area contributed by atoms with Crippen molar-refractivity contribution in [2.24, 2.45) is 5.92 Å². The van der Waals surface area contributed by atoms with E-state index in [1.807, 2.05) is 37.3 Å². The SMILES string of the molecule is CCCCNc1nc2ccccc2nc1NS(=O)(=O)C1=CC(C)CC=C1. The van der Waals surface area contributed by atoms with E-state index in [1.54, 1.807) is 12.2 Å². The normalized spacial score (nSPS) is 17.2. The lowest BCUT2D eigenvalue weighted by Gasteiger charge is -2.16. The standard InChI is InChI=1S/C19H24N4O2S/c1-3-4-12-20-18-19(22-17-11-6-5-10-16(17)21-18)23-26(24,25)15-9-7-8-14(2)13-15/h5-7,9-11,13-14H,3-4,8,12H2,1-2H3,(H,20,21)(H,22,23). The lowest BCUT2D eigenvalue weighted by Crippen LogP contribution is -2.19. The molecule has 1 aliphatic rings. The number of allylic oxidation sites excluding steroid dienone is 3. The highest BCUT2D eigenvalue weighted by molar-refractivity contribution is 7.96. The van der Waals surface area contributed by atoms with Crippen LogP contribution < -0.4 is 10.0 Å². The van der Waals surface area contributed by atoms with Gasteiger partial charge in [-0.25, -0.2) is 18.4 Å². The fraction of sp³-hybridized carbons (Fsp3) is 0.368. The van der Waals surface area contributed by atoms with Gasteiger partial charge in [-0.15, -0.1) is 0 Å². The van der Waals surface area contributed by atoms with E-state index in [9.17, 15) is 8.42 Å². The van der Waals surface area contributed by atoms with E-state index in [1.165, 1.54) is 0 Å². The van der Waals surface area contributed by atoms with Gasteiger partial charge in [0, 0.05) is 6.54 Å². The maximum absolute atomic E-state index is 12.8. The summed E-state index contributed by atoms with van der Waals surface area (Å²) in [7, 11) is -3.71. The summed E-state index contributed by atoms with van der Waals surface area (Å²) in [6.45, 7) is 4.80. The van der Waals surface area contributed by atoms with Crippen LogP contribution in [0.3, 0.4) is 0 Å². The Balaban J connectivity index is 1.96. The molecule has 1 aromatic heterocycles. The molecule has 1 aromatic carbocycles. The van der Waals surface area contributed by atoms with Crippen LogP contribution in [0.5, 0.6) is 0 Å². The molecule has 0 saturated carbocycles. The van der Waals surface area contributed by atoms with Crippen LogP contribution in [0.2, 0.25) is 0 Å². The lowest BCUT2D eigenvalue weighted by molar-refractivity contribution is 0.606. The second-order valence-electron chi connectivity index (χ2n) is 6.48. The van der Waals surface area contributed by atoms with E-state index in [-0.39, 0.29) is 16.6 Å². The molecule has 0 aliphatic heterocycles. The molecule has 0 fully saturated rings. The third-order valence-corrected chi connectivity index (χ3v) is 5.53. The molecule has 1 atom stereocenters. The average Bonchev–Trinajstić information content (AvgIpc) is 2.62. The van der Waals surface area contributed by atoms with E-state index < -0.39 is 10.0 Å². The van der Waals surface area contributed by atoms with E-state index >= 15 is 0 Å². The highest BCUT2D eigenvalue weighted by Crippen LogP contribution is 2.26. The molecule has 1 heterocycles. The molecule has 0 bridgehead atoms. The van der Waals surface area contributed by atoms with E-state index in [0.29, 0.717) is 17.9 Å². The summed E-state index contributed by atoms with van der Waals surface area (Å²) in [5, 5.41) is 3.20. The summed E-state index contributed by atoms with van der Waals surface area (Å²) < 4.78 is 28.2. The predicted molar refractivity (Wildman–Crippen MR) is 106 cm³/mol. The van der Waals surface area contributed by atoms with E-state index in [4.69, 9.17) is 0 Å². The van der Waals surface area contributed by atoms with Gasteiger partial charge in [-0.05, 0) is 37.0 Å². The van der Waals surface area contributed by atoms with Gasteiger partial charge in [0.05, 0.1) is 15.9 Å². The number of hydrogen-bond acceptors (Lipinski definition) is 5. The highest BCUT2D eigenvalue weighted by Gasteiger charge is 2.21. The van der Waals surface area contributed by atoms with Crippen molar-refractivity contribution in [2.75, 3.05) is 16.6 Å². The molecule has 26 heavy (non-hydrogen) atoms. The molecule has 1 aliphatic carbocycles. The van der Waals surface area contributed by atoms with Gasteiger partial charge in [-0.1, -0.05) is 44.6 Å². The largest absolute Gasteiger partial charge is 0.367 e. The zero-order chi connectivity index (χ0) is 18.6. The summed E-state index contributed by atoms with van der Waals surface area (Å²) in [6.07, 6.45) is 8.13. The van der Waals surface area contributed by atoms with Gasteiger partial charge < -0.3 is 5.32 Å². The molecule has 3 rings (SSSR count). The predicted octanol–water partition coefficient (Wildman–Crippen LogP) is 4.06. The van der Waals surface area contributed by atoms with Gasteiger partial charge in [0.2, 0.25) is 0 Å². The van der Waals surface area contributed by atoms with Crippen LogP contribution in [0.1, 0.15) is 33.1 Å². The van der Waals surface area contributed by atoms with Crippen molar-refractivity contribution in [3.8, 4) is 0 Å². The van der Waals surface area contributed by atoms with E-state index in [0.717, 1.165) is 24.8 Å². The Morgan fingerprint density at radius 3 is 2.50 bits per heavy atom. The Hall–Kier alpha value is -2.41. The third-order valence-electron chi connectivity index (χ3n) is 4.17. The fourth-order valence-corrected chi connectivity index (χ4v) is 3.95. The molecular formula is C19H24N4O2S. The summed E-state index contributed by atoms with van der Waals surface area (Å²) in [6, 6.07) is 7.42. The van der Waals surface area contributed by atoms with Crippen molar-refractivity contribution < 1.29 is 8.42 Å². The minimum absolute atomic E-state index is 0.191. The van der Waals surface area contributed by atoms with Gasteiger partial charge in [0.25, 0.3) is 10.0 Å². The Bertz CT molecular complexity index is 951. The van der Waals surface area contributed by atoms with Crippen molar-refractivity contribution in [3.63, 3.8) is 0 Å². The quantitative estimate of drug-likeness (QED) is 0.716. The molecule has 6 nitrogen and oxygen atoms in total. The molecule has 2 N–H and O–H groups in total. The topological polar surface area (TPSA) is 84.0 Å². The smallest absolute Gasteiger partial charge is 0.262 e. The minimum Gasteiger partial charge on any atom is -0.367 e. The summed E-state index contributed by atoms with van der Waals surface area (Å²) >= 11 is 0. The van der Waals surface area contributed by atoms with Crippen molar-refractivity contribution in [1.82, 2.24) is 9.97 Å². The molecule has 2 aromatic rings. The maximum atomic E-state index is 12.8. The minimum atomic E-state index is -3.71. The van der Waals surface area contributed by atoms with Crippen molar-refractivity contribution in [1.29, 1.82) is 0 Å². The van der Waals surface area contributed by atoms with Crippen LogP contribution in [0.15, 0.2) is 47.4 Å². The number of nitrogens with zero attached hydrogens (tertiary/aromatic N) is 2. The van der Waals surface area contributed by atoms with Crippen molar-refractivity contribution in [3.05, 3.63) is 47.4 Å². The zero-order valence-electron chi connectivity index (χ0n) is 15.1. The highest BCUT2D eigenvalue weighted by atomic mass is 32.2. The van der Waals surface area contributed by atoms with Gasteiger partial charge >= 0.3 is 0 Å². The Kier molecular flexibility index (Phi) is 5.56. The molecule has 0 radical (unpaired) electrons. The molecule has 0 spiro atoms. The first-order valence-corrected chi connectivity index (χ1v) is 10.4. The molecule has 1 unspecified atom stereocenters. The van der Waals surface area contributed by atoms with Crippen LogP contribution in [-0.2, 0) is 10.0 Å². The number of anilines is 2. The molecule has 138 valence electrons. The second kappa shape index (κ2) is 7.86. The average molecular weight is 372 g/mol. The van der Waals surface area contributed by atoms with Gasteiger partial charge in [0.15, 0.2) is 11.6 Å². The Morgan fingerprint density at radius 2 is 1.85 bits per heavy atom. The monoisotopic (exact) mass is 372 g/mol. The molecular weight excluding hydrogens is 348 g/mol. The first-order chi connectivity index (χ1) is 12.5. The summed E-state index contributed by atoms with van der Waals surface area (Å²) in [4.78, 5) is 9.31. The van der Waals surface area contributed by atoms with Crippen molar-refractivity contribution in [2.45, 2.75) is 33.1 Å². The third kappa shape index (κ3) is 4.22. The van der Waals surface area contributed by atoms with Crippen molar-refractivity contribution >= 4 is 32.7 Å². The number of para-hydroxylation sites is 2. The first-order valence-electron chi connectivity index (χ1n) is 8.91. The summed E-state index contributed by atoms with van der Waals surface area (Å²) in [5.41, 5.74) is 1.37. The number of hydrogen-bond donors (Lipinski definition) is 2. The molecule has 7 heteroatoms. The van der Waals surface area contributed by atoms with Gasteiger partial charge in [-0.3, -0.25) is 4.72 Å². The summed E-state index contributed by atoms with van der Waals surface area (Å²) in [5.74, 6) is 0.873. The fourth-order valence-electron chi connectivity index (χ4n) is 2.75. The zero-order valence-corrected chi connectivity index (χ0v) is 15.9. The Morgan fingerprint density at radius 1 is 1.15 bits per heavy atom. The Labute approximate surface area is 154 Å². The second-order valence-corrected chi connectivity index (χ2v) is 8.16. The van der Waals surface area contributed by atoms with Gasteiger partial charge in [-0.2, -0.15) is 0 Å². The number of nitrogens with one attached hydrogen (secondary N) is 2. The van der Waals surface area contributed by atoms with Crippen LogP contribution >= 0.6 is 0 Å². The number of aromatic nitrogens is 2. The first kappa shape index (κ1) is 18.4. The number of benzene rings is 1. The number of unbranched alkanes of at least 4 members (excludes halogenated alkanes) is 1. The lowest BCUT2D eigenvalue weighted by atomic mass is 10.0. The number of rotatable bonds is 7. The van der Waals surface area contributed by atoms with E-state index in [2.05, 4.69) is 26.9 Å². The molecule has 0 saturated heterocycles. The number of fused-ring (bicyclic) bond motifs is 1. The van der Waals surface area contributed by atoms with Crippen LogP contribution in [0, 0.1) is 5.92 Å². The molecule has 0 amide bonds. The number of sulfonamides is 1. The van der Waals surface area contributed by atoms with Gasteiger partial charge in [0.1, 0.15) is 0 Å². The maximum Gasteiger partial charge on any atom is 0.262 e. The van der Waals surface area contributed by atoms with Crippen LogP contribution in [-0.4, -0.2) is 24.9 Å². The van der Waals surface area contributed by atoms with Crippen LogP contribution in [0.25, 0.3) is 11.0 Å². The van der Waals surface area contributed by atoms with Crippen LogP contribution in [0.4, 0.5) is 11.6 Å².